The first kappa shape index (κ1) is 23.0. The van der Waals surface area contributed by atoms with Gasteiger partial charge in [0.1, 0.15) is 17.4 Å². The van der Waals surface area contributed by atoms with E-state index in [9.17, 15) is 9.59 Å². The molecule has 0 spiro atoms. The van der Waals surface area contributed by atoms with Crippen molar-refractivity contribution in [2.24, 2.45) is 5.92 Å². The average molecular weight is 444 g/mol. The number of carbonyl (C=O) groups is 2. The summed E-state index contributed by atoms with van der Waals surface area (Å²) < 4.78 is 0. The maximum absolute atomic E-state index is 13.0. The lowest BCUT2D eigenvalue weighted by Crippen LogP contribution is -2.42. The lowest BCUT2D eigenvalue weighted by Gasteiger charge is -2.25. The van der Waals surface area contributed by atoms with Crippen LogP contribution in [0.1, 0.15) is 47.4 Å². The molecule has 8 heteroatoms. The summed E-state index contributed by atoms with van der Waals surface area (Å²) in [6, 6.07) is 12.2. The van der Waals surface area contributed by atoms with Crippen LogP contribution in [0.4, 0.5) is 11.5 Å². The van der Waals surface area contributed by atoms with Gasteiger partial charge in [0, 0.05) is 32.2 Å². The first-order chi connectivity index (χ1) is 14.6. The fourth-order valence-electron chi connectivity index (χ4n) is 3.99. The molecule has 1 aromatic carbocycles. The number of aromatic nitrogens is 1. The van der Waals surface area contributed by atoms with Crippen molar-refractivity contribution in [1.29, 1.82) is 0 Å². The van der Waals surface area contributed by atoms with Gasteiger partial charge in [0.25, 0.3) is 0 Å². The van der Waals surface area contributed by atoms with Crippen LogP contribution in [-0.2, 0) is 11.3 Å². The van der Waals surface area contributed by atoms with Crippen molar-refractivity contribution in [3.05, 3.63) is 53.2 Å². The number of nitrogens with one attached hydrogen (secondary N) is 3. The number of nitrogens with zero attached hydrogens (tertiary/aromatic N) is 2. The summed E-state index contributed by atoms with van der Waals surface area (Å²) >= 11 is 0. The van der Waals surface area contributed by atoms with E-state index in [2.05, 4.69) is 44.9 Å². The van der Waals surface area contributed by atoms with E-state index in [-0.39, 0.29) is 30.1 Å². The van der Waals surface area contributed by atoms with Gasteiger partial charge in [0.15, 0.2) is 5.78 Å². The van der Waals surface area contributed by atoms with E-state index in [4.69, 9.17) is 0 Å². The van der Waals surface area contributed by atoms with Crippen LogP contribution in [0.15, 0.2) is 36.4 Å². The first-order valence-corrected chi connectivity index (χ1v) is 10.6. The van der Waals surface area contributed by atoms with Gasteiger partial charge in [-0.2, -0.15) is 0 Å². The second kappa shape index (κ2) is 10.1. The molecule has 4 rings (SSSR count). The second-order valence-electron chi connectivity index (χ2n) is 8.03. The predicted molar refractivity (Wildman–Crippen MR) is 125 cm³/mol. The Hall–Kier alpha value is -2.64. The van der Waals surface area contributed by atoms with Gasteiger partial charge in [-0.05, 0) is 50.1 Å². The molecule has 2 aliphatic heterocycles. The van der Waals surface area contributed by atoms with Crippen molar-refractivity contribution in [3.63, 3.8) is 0 Å². The van der Waals surface area contributed by atoms with Gasteiger partial charge in [-0.1, -0.05) is 24.3 Å². The number of benzene rings is 1. The number of Topliss-reactive ketones (excluding diaryl/α,β-unsaturated/α-hetero) is 1. The smallest absolute Gasteiger partial charge is 0.233 e. The van der Waals surface area contributed by atoms with Crippen LogP contribution in [-0.4, -0.2) is 43.4 Å². The average Bonchev–Trinajstić information content (AvgIpc) is 3.32. The van der Waals surface area contributed by atoms with Crippen LogP contribution in [0.5, 0.6) is 0 Å². The number of pyridine rings is 1. The summed E-state index contributed by atoms with van der Waals surface area (Å²) in [5.41, 5.74) is 3.27. The molecule has 0 radical (unpaired) electrons. The minimum absolute atomic E-state index is 0. The predicted octanol–water partition coefficient (Wildman–Crippen LogP) is 2.92. The fraction of sp³-hybridized carbons (Fsp3) is 0.435. The van der Waals surface area contributed by atoms with Gasteiger partial charge >= 0.3 is 0 Å². The Morgan fingerprint density at radius 2 is 1.90 bits per heavy atom. The zero-order chi connectivity index (χ0) is 21.1. The zero-order valence-corrected chi connectivity index (χ0v) is 18.8. The Bertz CT molecular complexity index is 928. The molecule has 3 heterocycles. The highest BCUT2D eigenvalue weighted by Gasteiger charge is 2.34. The molecule has 1 aromatic heterocycles. The molecule has 3 N–H and O–H groups in total. The third kappa shape index (κ3) is 4.99. The number of amides is 1. The Labute approximate surface area is 189 Å². The highest BCUT2D eigenvalue weighted by molar-refractivity contribution is 6.13. The van der Waals surface area contributed by atoms with E-state index in [0.717, 1.165) is 37.3 Å². The minimum Gasteiger partial charge on any atom is -0.382 e. The number of hydrogen-bond acceptors (Lipinski definition) is 6. The largest absolute Gasteiger partial charge is 0.382 e. The molecule has 1 amide bonds. The van der Waals surface area contributed by atoms with E-state index < -0.39 is 5.92 Å². The van der Waals surface area contributed by atoms with Crippen molar-refractivity contribution in [2.45, 2.75) is 32.4 Å². The van der Waals surface area contributed by atoms with E-state index in [1.54, 1.807) is 0 Å². The quantitative estimate of drug-likeness (QED) is 0.595. The molecular formula is C23H30ClN5O2. The number of fused-ring (bicyclic) bond motifs is 1. The number of ketones is 1. The van der Waals surface area contributed by atoms with Gasteiger partial charge in [-0.15, -0.1) is 12.4 Å². The van der Waals surface area contributed by atoms with Crippen LogP contribution in [0.25, 0.3) is 0 Å². The summed E-state index contributed by atoms with van der Waals surface area (Å²) in [4.78, 5) is 32.5. The summed E-state index contributed by atoms with van der Waals surface area (Å²) in [5.74, 6) is -0.416. The van der Waals surface area contributed by atoms with Crippen LogP contribution in [0.2, 0.25) is 0 Å². The maximum Gasteiger partial charge on any atom is 0.233 e. The highest BCUT2D eigenvalue weighted by Crippen LogP contribution is 2.27. The van der Waals surface area contributed by atoms with Gasteiger partial charge in [0.2, 0.25) is 5.91 Å². The van der Waals surface area contributed by atoms with Crippen molar-refractivity contribution in [2.75, 3.05) is 36.9 Å². The molecule has 0 bridgehead atoms. The normalized spacial score (nSPS) is 18.6. The van der Waals surface area contributed by atoms with Gasteiger partial charge in [0.05, 0.1) is 5.69 Å². The molecule has 1 saturated heterocycles. The number of carbonyl (C=O) groups excluding carboxylic acids is 2. The Morgan fingerprint density at radius 1 is 1.19 bits per heavy atom. The summed E-state index contributed by atoms with van der Waals surface area (Å²) in [5, 5.41) is 9.31. The fourth-order valence-corrected chi connectivity index (χ4v) is 3.99. The SMILES string of the molecule is CNC(C)c1ccc(CNC(=O)C2CNc3ccc(N4CCCC4)nc3C2=O)cc1.Cl. The Morgan fingerprint density at radius 3 is 2.58 bits per heavy atom. The molecule has 2 atom stereocenters. The Kier molecular flexibility index (Phi) is 7.51. The number of hydrogen-bond donors (Lipinski definition) is 3. The van der Waals surface area contributed by atoms with Gasteiger partial charge in [-0.3, -0.25) is 9.59 Å². The van der Waals surface area contributed by atoms with E-state index in [0.29, 0.717) is 24.5 Å². The van der Waals surface area contributed by atoms with Crippen molar-refractivity contribution >= 4 is 35.6 Å². The van der Waals surface area contributed by atoms with Crippen LogP contribution in [0.3, 0.4) is 0 Å². The molecule has 2 unspecified atom stereocenters. The third-order valence-electron chi connectivity index (χ3n) is 6.05. The molecule has 0 aliphatic carbocycles. The molecule has 0 saturated carbocycles. The van der Waals surface area contributed by atoms with E-state index in [1.807, 2.05) is 31.3 Å². The minimum atomic E-state index is -0.762. The molecular weight excluding hydrogens is 414 g/mol. The molecule has 2 aliphatic rings. The maximum atomic E-state index is 13.0. The highest BCUT2D eigenvalue weighted by atomic mass is 35.5. The second-order valence-corrected chi connectivity index (χ2v) is 8.03. The van der Waals surface area contributed by atoms with Crippen LogP contribution in [0, 0.1) is 5.92 Å². The molecule has 31 heavy (non-hydrogen) atoms. The topological polar surface area (TPSA) is 86.4 Å². The van der Waals surface area contributed by atoms with E-state index in [1.165, 1.54) is 5.56 Å². The van der Waals surface area contributed by atoms with Crippen LogP contribution < -0.4 is 20.9 Å². The lowest BCUT2D eigenvalue weighted by atomic mass is 9.95. The monoisotopic (exact) mass is 443 g/mol. The standard InChI is InChI=1S/C23H29N5O2.ClH/c1-15(24-2)17-7-5-16(6-8-17)13-26-23(30)18-14-25-19-9-10-20(27-21(19)22(18)29)28-11-3-4-12-28;/h5-10,15,18,24-25H,3-4,11-14H2,1-2H3,(H,26,30);1H. The first-order valence-electron chi connectivity index (χ1n) is 10.6. The molecule has 7 nitrogen and oxygen atoms in total. The van der Waals surface area contributed by atoms with Crippen molar-refractivity contribution in [1.82, 2.24) is 15.6 Å². The molecule has 166 valence electrons. The third-order valence-corrected chi connectivity index (χ3v) is 6.05. The number of rotatable bonds is 6. The molecule has 1 fully saturated rings. The van der Waals surface area contributed by atoms with Crippen LogP contribution >= 0.6 is 12.4 Å². The zero-order valence-electron chi connectivity index (χ0n) is 18.0. The molecule has 2 aromatic rings. The number of halogens is 1. The lowest BCUT2D eigenvalue weighted by molar-refractivity contribution is -0.123. The van der Waals surface area contributed by atoms with Crippen molar-refractivity contribution in [3.8, 4) is 0 Å². The van der Waals surface area contributed by atoms with Gasteiger partial charge in [-0.25, -0.2) is 4.98 Å². The summed E-state index contributed by atoms with van der Waals surface area (Å²) in [7, 11) is 1.93. The summed E-state index contributed by atoms with van der Waals surface area (Å²) in [6.07, 6.45) is 2.29. The van der Waals surface area contributed by atoms with E-state index >= 15 is 0 Å². The Balaban J connectivity index is 0.00000272. The van der Waals surface area contributed by atoms with Crippen molar-refractivity contribution < 1.29 is 9.59 Å². The number of anilines is 2. The summed E-state index contributed by atoms with van der Waals surface area (Å²) in [6.45, 7) is 4.71. The van der Waals surface area contributed by atoms with Gasteiger partial charge < -0.3 is 20.9 Å².